The molecule has 0 atom stereocenters. The minimum Gasteiger partial charge on any atom is -0.456 e. The first kappa shape index (κ1) is 54.8. The number of para-hydroxylation sites is 7. The van der Waals surface area contributed by atoms with Crippen LogP contribution in [0.25, 0.3) is 224 Å². The molecule has 0 radical (unpaired) electrons. The van der Waals surface area contributed by atoms with Gasteiger partial charge in [-0.2, -0.15) is 0 Å². The predicted octanol–water partition coefficient (Wildman–Crippen LogP) is 26.7. The van der Waals surface area contributed by atoms with Crippen molar-refractivity contribution in [2.45, 2.75) is 38.5 Å². The van der Waals surface area contributed by atoms with Crippen LogP contribution in [0, 0.1) is 0 Å². The van der Waals surface area contributed by atoms with Crippen molar-refractivity contribution in [3.63, 3.8) is 0 Å². The third-order valence-corrected chi connectivity index (χ3v) is 24.3. The van der Waals surface area contributed by atoms with Gasteiger partial charge in [-0.3, -0.25) is 0 Å². The summed E-state index contributed by atoms with van der Waals surface area (Å²) < 4.78 is 32.8. The summed E-state index contributed by atoms with van der Waals surface area (Å²) in [6, 6.07) is 98.6. The normalized spacial score (nSPS) is 14.2. The maximum absolute atomic E-state index is 6.46. The molecule has 0 unspecified atom stereocenters. The van der Waals surface area contributed by atoms with E-state index in [0.717, 1.165) is 66.2 Å². The average Bonchev–Trinajstić information content (AvgIpc) is 1.52. The molecule has 2 aliphatic carbocycles. The number of fused-ring (bicyclic) bond motifs is 39. The van der Waals surface area contributed by atoms with Gasteiger partial charge in [-0.25, -0.2) is 0 Å². The van der Waals surface area contributed by atoms with E-state index in [0.29, 0.717) is 0 Å². The monoisotopic (exact) mass is 1320 g/mol. The lowest BCUT2D eigenvalue weighted by atomic mass is 9.80. The molecule has 2 aliphatic rings. The standard InChI is InChI=1S/2C33H21NO.C30H15NO2/c1-33(2)24-12-6-3-11-20(24)30-25(33)15-22-18-9-4-7-13-26(18)34-27-16-21-19-10-5-8-14-28(19)35-29(21)17-23(27)31(30)32(22)34;1-33(2)25-12-6-3-9-18(25)22-15-23-19-10-4-7-13-26(19)34-27-16-21-20-11-5-8-14-28(20)35-29(21)17-24(27)30(31(22)33)32(23)34;1-4-10-23-18(9-1)28-29-21(13-22-17-8-3-6-12-26(17)33-30(22)28)19-15-27-20(14-24(19)31(23)29)16-7-2-5-11-25(16)32-27/h2*3-17H,1-2H3;1-15H. The van der Waals surface area contributed by atoms with E-state index in [9.17, 15) is 0 Å². The number of hydrogen-bond acceptors (Lipinski definition) is 4. The highest BCUT2D eigenvalue weighted by molar-refractivity contribution is 6.35. The second-order valence-corrected chi connectivity index (χ2v) is 30.1. The predicted molar refractivity (Wildman–Crippen MR) is 428 cm³/mol. The third-order valence-electron chi connectivity index (χ3n) is 24.3. The number of rotatable bonds is 0. The van der Waals surface area contributed by atoms with E-state index in [4.69, 9.17) is 17.7 Å². The summed E-state index contributed by atoms with van der Waals surface area (Å²) in [7, 11) is 0. The first-order valence-corrected chi connectivity index (χ1v) is 35.8. The summed E-state index contributed by atoms with van der Waals surface area (Å²) in [6.07, 6.45) is 0. The summed E-state index contributed by atoms with van der Waals surface area (Å²) in [5.74, 6) is 0. The largest absolute Gasteiger partial charge is 0.456 e. The van der Waals surface area contributed by atoms with Gasteiger partial charge in [0.2, 0.25) is 0 Å². The Labute approximate surface area is 585 Å². The first-order chi connectivity index (χ1) is 50.6. The molecule has 7 heteroatoms. The topological polar surface area (TPSA) is 65.8 Å². The minimum absolute atomic E-state index is 0.0496. The van der Waals surface area contributed by atoms with Gasteiger partial charge in [0.25, 0.3) is 0 Å². The van der Waals surface area contributed by atoms with Gasteiger partial charge in [0.05, 0.1) is 55.0 Å². The Balaban J connectivity index is 0.0000000904. The molecular weight excluding hydrogens is 1260 g/mol. The van der Waals surface area contributed by atoms with Crippen LogP contribution < -0.4 is 0 Å². The van der Waals surface area contributed by atoms with Crippen molar-refractivity contribution in [1.82, 2.24) is 13.2 Å². The van der Waals surface area contributed by atoms with Gasteiger partial charge in [-0.05, 0) is 142 Å². The number of benzene rings is 15. The van der Waals surface area contributed by atoms with E-state index in [1.165, 1.54) is 180 Å². The van der Waals surface area contributed by atoms with Crippen molar-refractivity contribution < 1.29 is 17.7 Å². The molecular formula is C96H57N3O4. The fraction of sp³-hybridized carbons (Fsp3) is 0.0625. The Morgan fingerprint density at radius 3 is 1.17 bits per heavy atom. The van der Waals surface area contributed by atoms with Crippen LogP contribution >= 0.6 is 0 Å². The highest BCUT2D eigenvalue weighted by Crippen LogP contribution is 2.59. The van der Waals surface area contributed by atoms with Gasteiger partial charge < -0.3 is 30.9 Å². The lowest BCUT2D eigenvalue weighted by Gasteiger charge is -2.22. The summed E-state index contributed by atoms with van der Waals surface area (Å²) in [6.45, 7) is 9.50. The fourth-order valence-electron chi connectivity index (χ4n) is 19.9. The second-order valence-electron chi connectivity index (χ2n) is 30.1. The van der Waals surface area contributed by atoms with E-state index in [1.54, 1.807) is 0 Å². The molecule has 0 N–H and O–H groups in total. The molecule has 0 bridgehead atoms. The van der Waals surface area contributed by atoms with Gasteiger partial charge in [0.15, 0.2) is 0 Å². The van der Waals surface area contributed by atoms with Gasteiger partial charge >= 0.3 is 0 Å². The SMILES string of the molecule is CC1(C)c2ccccc2-c2c1cc1c3ccccc3n3c4cc5c(cc4c2c13)oc1ccccc15.CC1(C)c2ccccc2-c2cc3c4ccccc4n4c5cc6c(cc5c(c21)c34)oc1ccccc16.c1ccc2c(c1)oc1cc3c4cc5c6ccccc6oc5c5c6ccccc6n(c3cc12)c45. The average molecular weight is 1320 g/mol. The van der Waals surface area contributed by atoms with E-state index in [1.807, 2.05) is 30.3 Å². The summed E-state index contributed by atoms with van der Waals surface area (Å²) in [5.41, 5.74) is 29.9. The second kappa shape index (κ2) is 18.7. The van der Waals surface area contributed by atoms with Crippen LogP contribution in [0.15, 0.2) is 291 Å². The van der Waals surface area contributed by atoms with E-state index in [-0.39, 0.29) is 10.8 Å². The van der Waals surface area contributed by atoms with Crippen LogP contribution in [0.3, 0.4) is 0 Å². The lowest BCUT2D eigenvalue weighted by Crippen LogP contribution is -2.15. The van der Waals surface area contributed by atoms with Crippen LogP contribution in [0.1, 0.15) is 49.9 Å². The Kier molecular flexibility index (Phi) is 9.92. The molecule has 480 valence electrons. The molecule has 103 heavy (non-hydrogen) atoms. The van der Waals surface area contributed by atoms with Crippen LogP contribution in [0.2, 0.25) is 0 Å². The van der Waals surface area contributed by atoms with Crippen molar-refractivity contribution in [3.8, 4) is 22.3 Å². The Morgan fingerprint density at radius 1 is 0.223 bits per heavy atom. The summed E-state index contributed by atoms with van der Waals surface area (Å²) in [5, 5.41) is 24.7. The lowest BCUT2D eigenvalue weighted by molar-refractivity contribution is 0.661. The van der Waals surface area contributed by atoms with E-state index >= 15 is 0 Å². The maximum atomic E-state index is 6.46. The molecule has 10 aromatic heterocycles. The molecule has 0 amide bonds. The molecule has 0 fully saturated rings. The van der Waals surface area contributed by atoms with Crippen LogP contribution in [-0.4, -0.2) is 13.2 Å². The number of furan rings is 4. The zero-order valence-electron chi connectivity index (χ0n) is 56.5. The van der Waals surface area contributed by atoms with Crippen molar-refractivity contribution >= 4 is 202 Å². The number of nitrogens with zero attached hydrogens (tertiary/aromatic N) is 3. The fourth-order valence-corrected chi connectivity index (χ4v) is 19.9. The molecule has 7 nitrogen and oxygen atoms in total. The van der Waals surface area contributed by atoms with Crippen LogP contribution in [0.4, 0.5) is 0 Å². The van der Waals surface area contributed by atoms with Gasteiger partial charge in [0.1, 0.15) is 44.7 Å². The molecule has 10 heterocycles. The van der Waals surface area contributed by atoms with E-state index in [2.05, 4.69) is 284 Å². The minimum atomic E-state index is -0.0822. The van der Waals surface area contributed by atoms with Crippen LogP contribution in [0.5, 0.6) is 0 Å². The molecule has 25 aromatic rings. The third kappa shape index (κ3) is 6.64. The van der Waals surface area contributed by atoms with Gasteiger partial charge in [-0.15, -0.1) is 0 Å². The Hall–Kier alpha value is -13.1. The van der Waals surface area contributed by atoms with E-state index < -0.39 is 0 Å². The van der Waals surface area contributed by atoms with Gasteiger partial charge in [-0.1, -0.05) is 204 Å². The number of aromatic nitrogens is 3. The zero-order chi connectivity index (χ0) is 67.4. The summed E-state index contributed by atoms with van der Waals surface area (Å²) in [4.78, 5) is 0. The van der Waals surface area contributed by atoms with Crippen molar-refractivity contribution in [3.05, 3.63) is 295 Å². The highest BCUT2D eigenvalue weighted by atomic mass is 16.3. The maximum Gasteiger partial charge on any atom is 0.145 e. The summed E-state index contributed by atoms with van der Waals surface area (Å²) >= 11 is 0. The quantitative estimate of drug-likeness (QED) is 0.152. The number of hydrogen-bond donors (Lipinski definition) is 0. The smallest absolute Gasteiger partial charge is 0.145 e. The molecule has 0 aliphatic heterocycles. The molecule has 0 saturated carbocycles. The van der Waals surface area contributed by atoms with Crippen molar-refractivity contribution in [2.75, 3.05) is 0 Å². The molecule has 0 spiro atoms. The first-order valence-electron chi connectivity index (χ1n) is 35.8. The van der Waals surface area contributed by atoms with Crippen LogP contribution in [-0.2, 0) is 10.8 Å². The van der Waals surface area contributed by atoms with Crippen molar-refractivity contribution in [2.24, 2.45) is 0 Å². The molecule has 15 aromatic carbocycles. The molecule has 27 rings (SSSR count). The highest BCUT2D eigenvalue weighted by Gasteiger charge is 2.41. The van der Waals surface area contributed by atoms with Gasteiger partial charge in [0, 0.05) is 113 Å². The van der Waals surface area contributed by atoms with Crippen molar-refractivity contribution in [1.29, 1.82) is 0 Å². The molecule has 0 saturated heterocycles. The Morgan fingerprint density at radius 2 is 0.612 bits per heavy atom. The zero-order valence-corrected chi connectivity index (χ0v) is 56.5. The Bertz CT molecular complexity index is 8120.